The van der Waals surface area contributed by atoms with Crippen LogP contribution < -0.4 is 16.4 Å². The van der Waals surface area contributed by atoms with Crippen LogP contribution in [0.3, 0.4) is 0 Å². The van der Waals surface area contributed by atoms with E-state index in [0.29, 0.717) is 35.6 Å². The van der Waals surface area contributed by atoms with Crippen LogP contribution in [-0.2, 0) is 9.59 Å². The minimum Gasteiger partial charge on any atom is -0.382 e. The first-order valence-electron chi connectivity index (χ1n) is 8.95. The maximum atomic E-state index is 12.7. The average molecular weight is 406 g/mol. The number of carbonyl (C=O) groups is 2. The van der Waals surface area contributed by atoms with Crippen LogP contribution in [-0.4, -0.2) is 57.9 Å². The molecular formula is C18H24ClN7O2. The minimum atomic E-state index is -0.651. The number of nitrogen functional groups attached to an aromatic ring is 1. The lowest BCUT2D eigenvalue weighted by atomic mass is 9.96. The van der Waals surface area contributed by atoms with E-state index in [1.807, 2.05) is 14.0 Å². The van der Waals surface area contributed by atoms with Gasteiger partial charge in [-0.1, -0.05) is 11.6 Å². The SMILES string of the molecule is CC(/C=C(\C)Nc1ncnc(N)c1Cl)=C1\C(=O)NC2(CCN(C)CC2)N1C=O. The van der Waals surface area contributed by atoms with Gasteiger partial charge >= 0.3 is 0 Å². The number of hydrogen-bond donors (Lipinski definition) is 3. The molecule has 0 aromatic carbocycles. The molecule has 2 fully saturated rings. The predicted molar refractivity (Wildman–Crippen MR) is 107 cm³/mol. The Morgan fingerprint density at radius 1 is 1.36 bits per heavy atom. The Morgan fingerprint density at radius 3 is 2.68 bits per heavy atom. The molecule has 2 amide bonds. The van der Waals surface area contributed by atoms with Crippen molar-refractivity contribution < 1.29 is 9.59 Å². The molecule has 2 aliphatic heterocycles. The summed E-state index contributed by atoms with van der Waals surface area (Å²) >= 11 is 6.10. The number of carbonyl (C=O) groups excluding carboxylic acids is 2. The molecule has 2 aliphatic rings. The molecule has 0 aliphatic carbocycles. The Bertz CT molecular complexity index is 859. The standard InChI is InChI=1S/C18H24ClN7O2/c1-11(8-12(2)23-16-13(19)15(20)21-9-22-16)14-17(28)24-18(26(14)10-27)4-6-25(3)7-5-18/h8-10H,4-7H2,1-3H3,(H,24,28)(H3,20,21,22,23)/b12-8+,14-11-. The summed E-state index contributed by atoms with van der Waals surface area (Å²) in [5.41, 5.74) is 6.74. The summed E-state index contributed by atoms with van der Waals surface area (Å²) in [6, 6.07) is 0. The molecule has 1 aromatic heterocycles. The van der Waals surface area contributed by atoms with Crippen LogP contribution in [0.25, 0.3) is 0 Å². The molecule has 28 heavy (non-hydrogen) atoms. The summed E-state index contributed by atoms with van der Waals surface area (Å²) in [5.74, 6) is 0.298. The molecule has 3 rings (SSSR count). The van der Waals surface area contributed by atoms with E-state index in [2.05, 4.69) is 25.5 Å². The number of halogens is 1. The quantitative estimate of drug-likeness (QED) is 0.510. The van der Waals surface area contributed by atoms with E-state index >= 15 is 0 Å². The van der Waals surface area contributed by atoms with Crippen LogP contribution in [0.1, 0.15) is 26.7 Å². The maximum Gasteiger partial charge on any atom is 0.270 e. The van der Waals surface area contributed by atoms with Crippen molar-refractivity contribution in [2.24, 2.45) is 0 Å². The smallest absolute Gasteiger partial charge is 0.270 e. The van der Waals surface area contributed by atoms with Crippen LogP contribution in [0.2, 0.25) is 5.02 Å². The third kappa shape index (κ3) is 3.67. The van der Waals surface area contributed by atoms with Crippen molar-refractivity contribution in [1.29, 1.82) is 0 Å². The van der Waals surface area contributed by atoms with Gasteiger partial charge < -0.3 is 21.3 Å². The predicted octanol–water partition coefficient (Wildman–Crippen LogP) is 1.31. The summed E-state index contributed by atoms with van der Waals surface area (Å²) < 4.78 is 0. The number of allylic oxidation sites excluding steroid dienone is 3. The highest BCUT2D eigenvalue weighted by molar-refractivity contribution is 6.35. The van der Waals surface area contributed by atoms with Gasteiger partial charge in [-0.2, -0.15) is 0 Å². The van der Waals surface area contributed by atoms with E-state index < -0.39 is 5.66 Å². The number of rotatable bonds is 4. The lowest BCUT2D eigenvalue weighted by Crippen LogP contribution is -2.57. The van der Waals surface area contributed by atoms with Gasteiger partial charge in [-0.25, -0.2) is 9.97 Å². The number of piperidine rings is 1. The van der Waals surface area contributed by atoms with E-state index in [4.69, 9.17) is 17.3 Å². The van der Waals surface area contributed by atoms with Gasteiger partial charge in [0, 0.05) is 31.6 Å². The van der Waals surface area contributed by atoms with Crippen molar-refractivity contribution in [3.05, 3.63) is 34.4 Å². The molecule has 0 unspecified atom stereocenters. The Hall–Kier alpha value is -2.65. The van der Waals surface area contributed by atoms with Gasteiger partial charge in [0.1, 0.15) is 28.5 Å². The lowest BCUT2D eigenvalue weighted by Gasteiger charge is -2.41. The molecule has 1 spiro atoms. The Balaban J connectivity index is 1.88. The van der Waals surface area contributed by atoms with Gasteiger partial charge in [0.2, 0.25) is 6.41 Å². The number of nitrogens with zero attached hydrogens (tertiary/aromatic N) is 4. The molecule has 0 saturated carbocycles. The average Bonchev–Trinajstić information content (AvgIpc) is 2.92. The first-order valence-corrected chi connectivity index (χ1v) is 9.33. The number of hydrogen-bond acceptors (Lipinski definition) is 7. The zero-order chi connectivity index (χ0) is 20.5. The first kappa shape index (κ1) is 20.1. The van der Waals surface area contributed by atoms with Crippen LogP contribution >= 0.6 is 11.6 Å². The first-order chi connectivity index (χ1) is 13.3. The highest BCUT2D eigenvalue weighted by Crippen LogP contribution is 2.35. The van der Waals surface area contributed by atoms with Crippen molar-refractivity contribution in [3.8, 4) is 0 Å². The molecule has 150 valence electrons. The molecule has 1 aromatic rings. The van der Waals surface area contributed by atoms with Crippen molar-refractivity contribution in [3.63, 3.8) is 0 Å². The molecule has 9 nitrogen and oxygen atoms in total. The number of anilines is 2. The lowest BCUT2D eigenvalue weighted by molar-refractivity contribution is -0.122. The van der Waals surface area contributed by atoms with Gasteiger partial charge in [0.05, 0.1) is 0 Å². The van der Waals surface area contributed by atoms with Gasteiger partial charge in [0.15, 0.2) is 5.82 Å². The molecule has 0 radical (unpaired) electrons. The zero-order valence-electron chi connectivity index (χ0n) is 16.1. The fourth-order valence-corrected chi connectivity index (χ4v) is 3.76. The number of likely N-dealkylation sites (tertiary alicyclic amines) is 1. The Morgan fingerprint density at radius 2 is 2.04 bits per heavy atom. The highest BCUT2D eigenvalue weighted by Gasteiger charge is 2.49. The fourth-order valence-electron chi connectivity index (χ4n) is 3.62. The molecule has 0 atom stereocenters. The van der Waals surface area contributed by atoms with E-state index in [1.54, 1.807) is 13.0 Å². The van der Waals surface area contributed by atoms with E-state index in [9.17, 15) is 9.59 Å². The van der Waals surface area contributed by atoms with Crippen LogP contribution in [0.15, 0.2) is 29.4 Å². The largest absolute Gasteiger partial charge is 0.382 e. The number of aromatic nitrogens is 2. The van der Waals surface area contributed by atoms with E-state index in [1.165, 1.54) is 11.2 Å². The van der Waals surface area contributed by atoms with E-state index in [0.717, 1.165) is 19.5 Å². The Kier molecular flexibility index (Phi) is 5.57. The van der Waals surface area contributed by atoms with Crippen molar-refractivity contribution in [2.75, 3.05) is 31.2 Å². The van der Waals surface area contributed by atoms with Gasteiger partial charge in [-0.3, -0.25) is 14.5 Å². The number of amides is 2. The molecule has 3 heterocycles. The summed E-state index contributed by atoms with van der Waals surface area (Å²) in [6.45, 7) is 5.21. The monoisotopic (exact) mass is 405 g/mol. The van der Waals surface area contributed by atoms with Gasteiger partial charge in [-0.15, -0.1) is 0 Å². The minimum absolute atomic E-state index is 0.175. The number of nitrogens with one attached hydrogen (secondary N) is 2. The molecule has 2 saturated heterocycles. The van der Waals surface area contributed by atoms with Gasteiger partial charge in [0.25, 0.3) is 5.91 Å². The zero-order valence-corrected chi connectivity index (χ0v) is 16.9. The Labute approximate surface area is 168 Å². The summed E-state index contributed by atoms with van der Waals surface area (Å²) in [4.78, 5) is 36.2. The van der Waals surface area contributed by atoms with Crippen molar-refractivity contribution in [1.82, 2.24) is 25.1 Å². The second-order valence-electron chi connectivity index (χ2n) is 7.17. The second-order valence-corrected chi connectivity index (χ2v) is 7.55. The van der Waals surface area contributed by atoms with Gasteiger partial charge in [-0.05, 0) is 32.5 Å². The second kappa shape index (κ2) is 7.76. The van der Waals surface area contributed by atoms with Crippen LogP contribution in [0.5, 0.6) is 0 Å². The molecule has 0 bridgehead atoms. The third-order valence-electron chi connectivity index (χ3n) is 5.12. The third-order valence-corrected chi connectivity index (χ3v) is 5.49. The van der Waals surface area contributed by atoms with Crippen molar-refractivity contribution in [2.45, 2.75) is 32.4 Å². The fraction of sp³-hybridized carbons (Fsp3) is 0.444. The van der Waals surface area contributed by atoms with E-state index in [-0.39, 0.29) is 16.7 Å². The van der Waals surface area contributed by atoms with Crippen LogP contribution in [0.4, 0.5) is 11.6 Å². The van der Waals surface area contributed by atoms with Crippen molar-refractivity contribution >= 4 is 35.6 Å². The molecule has 4 N–H and O–H groups in total. The topological polar surface area (TPSA) is 116 Å². The maximum absolute atomic E-state index is 12.7. The normalized spacial score (nSPS) is 21.6. The summed E-state index contributed by atoms with van der Waals surface area (Å²) in [7, 11) is 2.03. The number of nitrogens with two attached hydrogens (primary N) is 1. The summed E-state index contributed by atoms with van der Waals surface area (Å²) in [5, 5.41) is 6.29. The van der Waals surface area contributed by atoms with Crippen LogP contribution in [0, 0.1) is 0 Å². The highest BCUT2D eigenvalue weighted by atomic mass is 35.5. The summed E-state index contributed by atoms with van der Waals surface area (Å²) in [6.07, 6.45) is 5.18. The molecule has 10 heteroatoms. The molecular weight excluding hydrogens is 382 g/mol.